The maximum absolute atomic E-state index is 13.3. The molecule has 0 spiro atoms. The van der Waals surface area contributed by atoms with Crippen molar-refractivity contribution in [3.8, 4) is 6.07 Å². The third kappa shape index (κ3) is 3.91. The summed E-state index contributed by atoms with van der Waals surface area (Å²) in [6.45, 7) is 6.29. The van der Waals surface area contributed by atoms with Crippen molar-refractivity contribution >= 4 is 40.3 Å². The number of nitrogens with zero attached hydrogens (tertiary/aromatic N) is 4. The van der Waals surface area contributed by atoms with Crippen LogP contribution in [0.1, 0.15) is 31.0 Å². The molecule has 0 aliphatic carbocycles. The molecule has 1 aromatic heterocycles. The second-order valence-electron chi connectivity index (χ2n) is 8.72. The highest BCUT2D eigenvalue weighted by Crippen LogP contribution is 2.37. The molecule has 0 radical (unpaired) electrons. The van der Waals surface area contributed by atoms with Gasteiger partial charge in [-0.25, -0.2) is 0 Å². The number of carbonyl (C=O) groups excluding carboxylic acids is 1. The van der Waals surface area contributed by atoms with Gasteiger partial charge in [-0.05, 0) is 37.5 Å². The third-order valence-electron chi connectivity index (χ3n) is 6.66. The molecule has 2 atom stereocenters. The van der Waals surface area contributed by atoms with Gasteiger partial charge in [0.1, 0.15) is 6.07 Å². The van der Waals surface area contributed by atoms with Crippen LogP contribution >= 0.6 is 11.6 Å². The van der Waals surface area contributed by atoms with Crippen molar-refractivity contribution in [1.29, 1.82) is 10.7 Å². The fourth-order valence-corrected chi connectivity index (χ4v) is 5.05. The van der Waals surface area contributed by atoms with E-state index in [2.05, 4.69) is 22.9 Å². The van der Waals surface area contributed by atoms with E-state index in [9.17, 15) is 10.1 Å². The Balaban J connectivity index is 1.60. The van der Waals surface area contributed by atoms with Gasteiger partial charge >= 0.3 is 0 Å². The van der Waals surface area contributed by atoms with Crippen molar-refractivity contribution in [2.45, 2.75) is 26.7 Å². The first-order valence-electron chi connectivity index (χ1n) is 10.9. The fraction of sp³-hybridized carbons (Fsp3) is 0.417. The van der Waals surface area contributed by atoms with Gasteiger partial charge in [-0.3, -0.25) is 9.78 Å². The first-order chi connectivity index (χ1) is 15.3. The third-order valence-corrected chi connectivity index (χ3v) is 6.90. The highest BCUT2D eigenvalue weighted by molar-refractivity contribution is 6.31. The Morgan fingerprint density at radius 2 is 2.19 bits per heavy atom. The minimum Gasteiger partial charge on any atom is -0.402 e. The zero-order valence-corrected chi connectivity index (χ0v) is 19.1. The maximum Gasteiger partial charge on any atom is 0.226 e. The minimum atomic E-state index is -0.0964. The molecule has 2 aromatic rings. The van der Waals surface area contributed by atoms with Crippen molar-refractivity contribution in [1.82, 2.24) is 9.88 Å². The number of rotatable bonds is 3. The van der Waals surface area contributed by atoms with Crippen LogP contribution in [0, 0.1) is 35.5 Å². The van der Waals surface area contributed by atoms with Crippen LogP contribution in [-0.2, 0) is 4.79 Å². The van der Waals surface area contributed by atoms with Crippen LogP contribution in [0.2, 0.25) is 5.02 Å². The molecule has 2 aliphatic rings. The van der Waals surface area contributed by atoms with Crippen molar-refractivity contribution in [2.24, 2.45) is 17.6 Å². The summed E-state index contributed by atoms with van der Waals surface area (Å²) in [5.74, 6) is 0.140. The fourth-order valence-electron chi connectivity index (χ4n) is 4.88. The van der Waals surface area contributed by atoms with Gasteiger partial charge in [0.25, 0.3) is 0 Å². The minimum absolute atomic E-state index is 0.0964. The van der Waals surface area contributed by atoms with E-state index in [1.54, 1.807) is 0 Å². The standard InChI is InChI=1S/C24H27ClN6O/c1-14-12-30(7-5-18(14)24(32)31-8-6-21(28)16(10-26)13-31)23-19-9-17(25)3-4-22(19)29-15(2)20(23)11-27/h3-4,9-10,14,18,26H,5-8,12-13,28H2,1-2H3. The monoisotopic (exact) mass is 450 g/mol. The van der Waals surface area contributed by atoms with Crippen LogP contribution < -0.4 is 10.6 Å². The molecule has 2 unspecified atom stereocenters. The number of pyridine rings is 1. The Kier molecular flexibility index (Phi) is 6.07. The predicted molar refractivity (Wildman–Crippen MR) is 127 cm³/mol. The summed E-state index contributed by atoms with van der Waals surface area (Å²) in [6.07, 6.45) is 2.56. The summed E-state index contributed by atoms with van der Waals surface area (Å²) in [4.78, 5) is 21.9. The van der Waals surface area contributed by atoms with E-state index in [1.807, 2.05) is 30.0 Å². The molecule has 0 bridgehead atoms. The van der Waals surface area contributed by atoms with Crippen molar-refractivity contribution in [3.63, 3.8) is 0 Å². The van der Waals surface area contributed by atoms with E-state index < -0.39 is 0 Å². The molecule has 7 nitrogen and oxygen atoms in total. The summed E-state index contributed by atoms with van der Waals surface area (Å²) in [5.41, 5.74) is 10.3. The molecule has 3 heterocycles. The van der Waals surface area contributed by atoms with E-state index in [1.165, 1.54) is 6.21 Å². The SMILES string of the molecule is Cc1nc2ccc(Cl)cc2c(N2CCC(C(=O)N3CCC(N)=C(C=N)C3)C(C)C2)c1C#N. The first kappa shape index (κ1) is 22.1. The molecule has 8 heteroatoms. The Bertz CT molecular complexity index is 1170. The lowest BCUT2D eigenvalue weighted by atomic mass is 9.84. The van der Waals surface area contributed by atoms with Gasteiger partial charge in [0.15, 0.2) is 0 Å². The number of hydrogen-bond acceptors (Lipinski definition) is 6. The van der Waals surface area contributed by atoms with Gasteiger partial charge in [0, 0.05) is 66.4 Å². The second-order valence-corrected chi connectivity index (χ2v) is 9.15. The number of nitriles is 1. The number of amides is 1. The quantitative estimate of drug-likeness (QED) is 0.694. The number of benzene rings is 1. The van der Waals surface area contributed by atoms with Crippen LogP contribution in [0.3, 0.4) is 0 Å². The van der Waals surface area contributed by atoms with Crippen LogP contribution in [0.25, 0.3) is 10.9 Å². The average molecular weight is 451 g/mol. The van der Waals surface area contributed by atoms with Gasteiger partial charge in [0.05, 0.1) is 22.5 Å². The summed E-state index contributed by atoms with van der Waals surface area (Å²) in [6, 6.07) is 7.88. The van der Waals surface area contributed by atoms with Crippen molar-refractivity contribution in [2.75, 3.05) is 31.1 Å². The van der Waals surface area contributed by atoms with E-state index in [4.69, 9.17) is 22.7 Å². The number of hydrogen-bond donors (Lipinski definition) is 2. The van der Waals surface area contributed by atoms with Crippen molar-refractivity contribution in [3.05, 3.63) is 45.7 Å². The largest absolute Gasteiger partial charge is 0.402 e. The Morgan fingerprint density at radius 1 is 1.41 bits per heavy atom. The van der Waals surface area contributed by atoms with Gasteiger partial charge in [-0.2, -0.15) is 5.26 Å². The summed E-state index contributed by atoms with van der Waals surface area (Å²) < 4.78 is 0. The number of nitrogens with two attached hydrogens (primary N) is 1. The van der Waals surface area contributed by atoms with Crippen molar-refractivity contribution < 1.29 is 4.79 Å². The molecule has 1 fully saturated rings. The number of aryl methyl sites for hydroxylation is 1. The van der Waals surface area contributed by atoms with Crippen LogP contribution in [0.4, 0.5) is 5.69 Å². The van der Waals surface area contributed by atoms with E-state index >= 15 is 0 Å². The number of nitrogens with one attached hydrogen (secondary N) is 1. The van der Waals surface area contributed by atoms with Crippen LogP contribution in [0.5, 0.6) is 0 Å². The zero-order valence-electron chi connectivity index (χ0n) is 18.4. The number of fused-ring (bicyclic) bond motifs is 1. The molecule has 0 saturated carbocycles. The molecule has 32 heavy (non-hydrogen) atoms. The number of aromatic nitrogens is 1. The summed E-state index contributed by atoms with van der Waals surface area (Å²) >= 11 is 6.27. The van der Waals surface area contributed by atoms with Gasteiger partial charge < -0.3 is 20.9 Å². The molecular weight excluding hydrogens is 424 g/mol. The van der Waals surface area contributed by atoms with Gasteiger partial charge in [-0.15, -0.1) is 0 Å². The highest BCUT2D eigenvalue weighted by Gasteiger charge is 2.36. The molecule has 1 amide bonds. The first-order valence-corrected chi connectivity index (χ1v) is 11.2. The summed E-state index contributed by atoms with van der Waals surface area (Å²) in [7, 11) is 0. The normalized spacial score (nSPS) is 21.6. The lowest BCUT2D eigenvalue weighted by molar-refractivity contribution is -0.137. The number of carbonyl (C=O) groups is 1. The summed E-state index contributed by atoms with van der Waals surface area (Å²) in [5, 5.41) is 18.9. The Hall–Kier alpha value is -3.11. The van der Waals surface area contributed by atoms with Gasteiger partial charge in [0.2, 0.25) is 5.91 Å². The number of anilines is 1. The lowest BCUT2D eigenvalue weighted by Gasteiger charge is -2.41. The van der Waals surface area contributed by atoms with Crippen LogP contribution in [-0.4, -0.2) is 48.2 Å². The Labute approximate surface area is 193 Å². The second kappa shape index (κ2) is 8.79. The molecule has 1 aromatic carbocycles. The maximum atomic E-state index is 13.3. The topological polar surface area (TPSA) is 110 Å². The number of halogens is 1. The lowest BCUT2D eigenvalue weighted by Crippen LogP contribution is -2.49. The molecule has 2 aliphatic heterocycles. The van der Waals surface area contributed by atoms with Gasteiger partial charge in [-0.1, -0.05) is 18.5 Å². The zero-order chi connectivity index (χ0) is 23.0. The number of piperidine rings is 1. The molecule has 1 saturated heterocycles. The molecule has 166 valence electrons. The average Bonchev–Trinajstić information content (AvgIpc) is 2.78. The van der Waals surface area contributed by atoms with E-state index in [-0.39, 0.29) is 17.7 Å². The van der Waals surface area contributed by atoms with E-state index in [0.717, 1.165) is 22.2 Å². The predicted octanol–water partition coefficient (Wildman–Crippen LogP) is 3.63. The highest BCUT2D eigenvalue weighted by atomic mass is 35.5. The smallest absolute Gasteiger partial charge is 0.226 e. The molecule has 4 rings (SSSR count). The van der Waals surface area contributed by atoms with Crippen LogP contribution in [0.15, 0.2) is 29.5 Å². The molecular formula is C24H27ClN6O. The Morgan fingerprint density at radius 3 is 2.88 bits per heavy atom. The molecule has 3 N–H and O–H groups in total. The van der Waals surface area contributed by atoms with E-state index in [0.29, 0.717) is 61.0 Å².